The van der Waals surface area contributed by atoms with Crippen molar-refractivity contribution in [3.05, 3.63) is 28.1 Å². The van der Waals surface area contributed by atoms with E-state index >= 15 is 0 Å². The standard InChI is InChI=1S/C13H20N4O3/c1-2-15-9-11(17(19)20)7-12(15)13(18)16-5-3-10(8-14)4-6-16/h7,9-10H,2-6,8,14H2,1H3. The maximum Gasteiger partial charge on any atom is 0.287 e. The molecule has 20 heavy (non-hydrogen) atoms. The van der Waals surface area contributed by atoms with Crippen LogP contribution in [0.3, 0.4) is 0 Å². The molecule has 0 atom stereocenters. The topological polar surface area (TPSA) is 94.4 Å². The summed E-state index contributed by atoms with van der Waals surface area (Å²) in [5.41, 5.74) is 5.99. The molecule has 2 N–H and O–H groups in total. The smallest absolute Gasteiger partial charge is 0.287 e. The van der Waals surface area contributed by atoms with E-state index in [1.165, 1.54) is 12.3 Å². The largest absolute Gasteiger partial charge is 0.337 e. The van der Waals surface area contributed by atoms with Gasteiger partial charge in [0.2, 0.25) is 0 Å². The summed E-state index contributed by atoms with van der Waals surface area (Å²) in [7, 11) is 0. The van der Waals surface area contributed by atoms with Gasteiger partial charge in [-0.15, -0.1) is 0 Å². The number of nitro groups is 1. The van der Waals surface area contributed by atoms with E-state index in [1.54, 1.807) is 9.47 Å². The number of aryl methyl sites for hydroxylation is 1. The molecule has 0 aliphatic carbocycles. The van der Waals surface area contributed by atoms with Crippen LogP contribution in [0.2, 0.25) is 0 Å². The lowest BCUT2D eigenvalue weighted by Crippen LogP contribution is -2.40. The van der Waals surface area contributed by atoms with Crippen LogP contribution in [0.15, 0.2) is 12.3 Å². The van der Waals surface area contributed by atoms with E-state index < -0.39 is 4.92 Å². The number of carbonyl (C=O) groups is 1. The van der Waals surface area contributed by atoms with E-state index in [2.05, 4.69) is 0 Å². The number of aromatic nitrogens is 1. The second-order valence-electron chi connectivity index (χ2n) is 5.10. The number of likely N-dealkylation sites (tertiary alicyclic amines) is 1. The summed E-state index contributed by atoms with van der Waals surface area (Å²) in [6.45, 7) is 4.39. The van der Waals surface area contributed by atoms with Crippen LogP contribution in [0.5, 0.6) is 0 Å². The molecule has 0 bridgehead atoms. The number of carbonyl (C=O) groups excluding carboxylic acids is 1. The van der Waals surface area contributed by atoms with Crippen molar-refractivity contribution in [1.82, 2.24) is 9.47 Å². The molecule has 1 saturated heterocycles. The molecule has 0 spiro atoms. The Morgan fingerprint density at radius 1 is 1.50 bits per heavy atom. The minimum absolute atomic E-state index is 0.0351. The Labute approximate surface area is 117 Å². The van der Waals surface area contributed by atoms with Gasteiger partial charge in [-0.05, 0) is 32.2 Å². The lowest BCUT2D eigenvalue weighted by molar-refractivity contribution is -0.384. The highest BCUT2D eigenvalue weighted by Crippen LogP contribution is 2.21. The van der Waals surface area contributed by atoms with Crippen LogP contribution in [0, 0.1) is 16.0 Å². The van der Waals surface area contributed by atoms with E-state index in [9.17, 15) is 14.9 Å². The molecule has 1 aromatic heterocycles. The lowest BCUT2D eigenvalue weighted by Gasteiger charge is -2.31. The zero-order chi connectivity index (χ0) is 14.7. The molecule has 0 radical (unpaired) electrons. The molecule has 0 aromatic carbocycles. The second kappa shape index (κ2) is 6.04. The molecule has 2 heterocycles. The van der Waals surface area contributed by atoms with Gasteiger partial charge in [0.05, 0.1) is 11.1 Å². The molecule has 1 aliphatic rings. The zero-order valence-electron chi connectivity index (χ0n) is 11.6. The predicted octanol–water partition coefficient (Wildman–Crippen LogP) is 1.23. The van der Waals surface area contributed by atoms with Gasteiger partial charge >= 0.3 is 0 Å². The highest BCUT2D eigenvalue weighted by atomic mass is 16.6. The molecule has 1 fully saturated rings. The Morgan fingerprint density at radius 3 is 2.65 bits per heavy atom. The Morgan fingerprint density at radius 2 is 2.15 bits per heavy atom. The number of amides is 1. The van der Waals surface area contributed by atoms with Crippen LogP contribution in [-0.4, -0.2) is 39.9 Å². The fourth-order valence-electron chi connectivity index (χ4n) is 2.57. The highest BCUT2D eigenvalue weighted by molar-refractivity contribution is 5.93. The molecule has 7 heteroatoms. The minimum atomic E-state index is -0.469. The van der Waals surface area contributed by atoms with Crippen LogP contribution in [0.1, 0.15) is 30.3 Å². The van der Waals surface area contributed by atoms with Crippen LogP contribution in [0.25, 0.3) is 0 Å². The SMILES string of the molecule is CCn1cc([N+](=O)[O-])cc1C(=O)N1CCC(CN)CC1. The van der Waals surface area contributed by atoms with E-state index in [0.717, 1.165) is 12.8 Å². The van der Waals surface area contributed by atoms with Gasteiger partial charge in [0.25, 0.3) is 11.6 Å². The Kier molecular flexibility index (Phi) is 4.39. The minimum Gasteiger partial charge on any atom is -0.337 e. The summed E-state index contributed by atoms with van der Waals surface area (Å²) in [5, 5.41) is 10.8. The average Bonchev–Trinajstić information content (AvgIpc) is 2.91. The van der Waals surface area contributed by atoms with Crippen molar-refractivity contribution in [2.75, 3.05) is 19.6 Å². The van der Waals surface area contributed by atoms with Crippen LogP contribution < -0.4 is 5.73 Å². The Hall–Kier alpha value is -1.89. The van der Waals surface area contributed by atoms with Gasteiger partial charge in [-0.2, -0.15) is 0 Å². The third-order valence-electron chi connectivity index (χ3n) is 3.89. The molecule has 1 amide bonds. The van der Waals surface area contributed by atoms with Crippen LogP contribution >= 0.6 is 0 Å². The first-order chi connectivity index (χ1) is 9.56. The normalized spacial score (nSPS) is 16.4. The van der Waals surface area contributed by atoms with Gasteiger partial charge in [-0.25, -0.2) is 0 Å². The Bertz CT molecular complexity index is 504. The summed E-state index contributed by atoms with van der Waals surface area (Å²) in [6.07, 6.45) is 3.22. The maximum absolute atomic E-state index is 12.5. The Balaban J connectivity index is 2.15. The van der Waals surface area contributed by atoms with Gasteiger partial charge in [-0.3, -0.25) is 14.9 Å². The third-order valence-corrected chi connectivity index (χ3v) is 3.89. The quantitative estimate of drug-likeness (QED) is 0.663. The zero-order valence-corrected chi connectivity index (χ0v) is 11.6. The van der Waals surface area contributed by atoms with E-state index in [4.69, 9.17) is 5.73 Å². The van der Waals surface area contributed by atoms with Crippen molar-refractivity contribution < 1.29 is 9.72 Å². The molecule has 0 saturated carbocycles. The molecular formula is C13H20N4O3. The first kappa shape index (κ1) is 14.5. The maximum atomic E-state index is 12.5. The molecule has 2 rings (SSSR count). The number of hydrogen-bond donors (Lipinski definition) is 1. The van der Waals surface area contributed by atoms with Gasteiger partial charge in [0.1, 0.15) is 5.69 Å². The average molecular weight is 280 g/mol. The molecular weight excluding hydrogens is 260 g/mol. The van der Waals surface area contributed by atoms with Gasteiger partial charge in [0.15, 0.2) is 0 Å². The lowest BCUT2D eigenvalue weighted by atomic mass is 9.97. The molecule has 7 nitrogen and oxygen atoms in total. The number of rotatable bonds is 4. The van der Waals surface area contributed by atoms with E-state index in [1.807, 2.05) is 6.92 Å². The van der Waals surface area contributed by atoms with Crippen LogP contribution in [-0.2, 0) is 6.54 Å². The fourth-order valence-corrected chi connectivity index (χ4v) is 2.57. The molecule has 1 aliphatic heterocycles. The molecule has 0 unspecified atom stereocenters. The number of hydrogen-bond acceptors (Lipinski definition) is 4. The van der Waals surface area contributed by atoms with Crippen molar-refractivity contribution in [2.45, 2.75) is 26.3 Å². The molecule has 110 valence electrons. The van der Waals surface area contributed by atoms with Crippen molar-refractivity contribution in [1.29, 1.82) is 0 Å². The van der Waals surface area contributed by atoms with Gasteiger partial charge in [-0.1, -0.05) is 0 Å². The first-order valence-corrected chi connectivity index (χ1v) is 6.90. The van der Waals surface area contributed by atoms with E-state index in [0.29, 0.717) is 37.8 Å². The third kappa shape index (κ3) is 2.82. The second-order valence-corrected chi connectivity index (χ2v) is 5.10. The number of nitrogens with two attached hydrogens (primary N) is 1. The highest BCUT2D eigenvalue weighted by Gasteiger charge is 2.26. The van der Waals surface area contributed by atoms with Crippen molar-refractivity contribution >= 4 is 11.6 Å². The summed E-state index contributed by atoms with van der Waals surface area (Å²) in [6, 6.07) is 1.36. The van der Waals surface area contributed by atoms with Gasteiger partial charge < -0.3 is 15.2 Å². The van der Waals surface area contributed by atoms with Gasteiger partial charge in [0, 0.05) is 25.7 Å². The summed E-state index contributed by atoms with van der Waals surface area (Å²) < 4.78 is 1.63. The van der Waals surface area contributed by atoms with Crippen molar-refractivity contribution in [2.24, 2.45) is 11.7 Å². The monoisotopic (exact) mass is 280 g/mol. The van der Waals surface area contributed by atoms with Crippen molar-refractivity contribution in [3.8, 4) is 0 Å². The summed E-state index contributed by atoms with van der Waals surface area (Å²) >= 11 is 0. The van der Waals surface area contributed by atoms with Crippen LogP contribution in [0.4, 0.5) is 5.69 Å². The number of nitrogens with zero attached hydrogens (tertiary/aromatic N) is 3. The van der Waals surface area contributed by atoms with E-state index in [-0.39, 0.29) is 11.6 Å². The summed E-state index contributed by atoms with van der Waals surface area (Å²) in [4.78, 5) is 24.6. The van der Waals surface area contributed by atoms with Crippen molar-refractivity contribution in [3.63, 3.8) is 0 Å². The number of piperidine rings is 1. The fraction of sp³-hybridized carbons (Fsp3) is 0.615. The summed E-state index contributed by atoms with van der Waals surface area (Å²) in [5.74, 6) is 0.349. The first-order valence-electron chi connectivity index (χ1n) is 6.90. The predicted molar refractivity (Wildman–Crippen MR) is 74.4 cm³/mol. The molecule has 1 aromatic rings.